The van der Waals surface area contributed by atoms with Gasteiger partial charge in [-0.1, -0.05) is 48.4 Å². The van der Waals surface area contributed by atoms with Crippen LogP contribution in [0.2, 0.25) is 0 Å². The molecule has 0 spiro atoms. The second-order valence-corrected chi connectivity index (χ2v) is 5.06. The quantitative estimate of drug-likeness (QED) is 0.655. The Balaban J connectivity index is 2.21. The van der Waals surface area contributed by atoms with Crippen molar-refractivity contribution in [1.82, 2.24) is 0 Å². The Hall–Kier alpha value is -1.30. The van der Waals surface area contributed by atoms with Gasteiger partial charge in [0.15, 0.2) is 0 Å². The van der Waals surface area contributed by atoms with Gasteiger partial charge in [0.1, 0.15) is 0 Å². The number of hydrogen-bond donors (Lipinski definition) is 0. The van der Waals surface area contributed by atoms with E-state index in [1.54, 1.807) is 5.57 Å². The molecule has 1 aromatic rings. The maximum Gasteiger partial charge on any atom is -0.0200 e. The third kappa shape index (κ3) is 2.69. The van der Waals surface area contributed by atoms with Gasteiger partial charge in [-0.2, -0.15) is 0 Å². The third-order valence-electron chi connectivity index (χ3n) is 4.01. The van der Waals surface area contributed by atoms with E-state index in [-0.39, 0.29) is 0 Å². The minimum atomic E-state index is 0.852. The van der Waals surface area contributed by atoms with E-state index in [9.17, 15) is 0 Å². The van der Waals surface area contributed by atoms with Gasteiger partial charge < -0.3 is 0 Å². The molecule has 1 fully saturated rings. The van der Waals surface area contributed by atoms with Crippen LogP contribution in [0, 0.1) is 5.92 Å². The normalized spacial score (nSPS) is 18.1. The molecule has 0 heteroatoms. The van der Waals surface area contributed by atoms with E-state index in [1.165, 1.54) is 36.0 Å². The average molecular weight is 226 g/mol. The summed E-state index contributed by atoms with van der Waals surface area (Å²) >= 11 is 0. The van der Waals surface area contributed by atoms with Crippen LogP contribution in [0.1, 0.15) is 51.2 Å². The molecule has 0 unspecified atom stereocenters. The van der Waals surface area contributed by atoms with Crippen LogP contribution in [-0.4, -0.2) is 0 Å². The molecule has 17 heavy (non-hydrogen) atoms. The fraction of sp³-hybridized carbons (Fsp3) is 0.412. The van der Waals surface area contributed by atoms with E-state index >= 15 is 0 Å². The van der Waals surface area contributed by atoms with Crippen molar-refractivity contribution in [2.24, 2.45) is 5.92 Å². The molecule has 0 bridgehead atoms. The summed E-state index contributed by atoms with van der Waals surface area (Å²) in [6.45, 7) is 6.62. The van der Waals surface area contributed by atoms with E-state index in [0.29, 0.717) is 0 Å². The van der Waals surface area contributed by atoms with Gasteiger partial charge in [0, 0.05) is 0 Å². The van der Waals surface area contributed by atoms with Crippen molar-refractivity contribution < 1.29 is 0 Å². The summed E-state index contributed by atoms with van der Waals surface area (Å²) in [7, 11) is 0. The monoisotopic (exact) mass is 226 g/mol. The summed E-state index contributed by atoms with van der Waals surface area (Å²) in [6, 6.07) is 8.89. The lowest BCUT2D eigenvalue weighted by molar-refractivity contribution is 0.369. The lowest BCUT2D eigenvalue weighted by atomic mass is 9.78. The van der Waals surface area contributed by atoms with E-state index in [4.69, 9.17) is 0 Å². The first kappa shape index (κ1) is 12.2. The second-order valence-electron chi connectivity index (χ2n) is 5.06. The Morgan fingerprint density at radius 1 is 1.12 bits per heavy atom. The highest BCUT2D eigenvalue weighted by Gasteiger charge is 2.20. The molecular weight excluding hydrogens is 204 g/mol. The SMILES string of the molecule is C/C=C/c1ccc(/C(C)=C(\C)C2CCC2)cc1. The molecule has 0 amide bonds. The number of rotatable bonds is 3. The summed E-state index contributed by atoms with van der Waals surface area (Å²) in [6.07, 6.45) is 8.41. The largest absolute Gasteiger partial charge is 0.0871 e. The summed E-state index contributed by atoms with van der Waals surface area (Å²) < 4.78 is 0. The molecule has 1 saturated carbocycles. The molecule has 0 atom stereocenters. The first-order valence-electron chi connectivity index (χ1n) is 6.63. The fourth-order valence-corrected chi connectivity index (χ4v) is 2.41. The first-order chi connectivity index (χ1) is 8.22. The summed E-state index contributed by atoms with van der Waals surface area (Å²) in [5, 5.41) is 0. The van der Waals surface area contributed by atoms with Crippen molar-refractivity contribution in [1.29, 1.82) is 0 Å². The van der Waals surface area contributed by atoms with Crippen LogP contribution in [-0.2, 0) is 0 Å². The molecule has 1 aromatic carbocycles. The Morgan fingerprint density at radius 3 is 2.24 bits per heavy atom. The van der Waals surface area contributed by atoms with E-state index in [0.717, 1.165) is 5.92 Å². The topological polar surface area (TPSA) is 0 Å². The van der Waals surface area contributed by atoms with Gasteiger partial charge in [-0.3, -0.25) is 0 Å². The Labute approximate surface area is 105 Å². The molecule has 0 heterocycles. The van der Waals surface area contributed by atoms with Crippen LogP contribution in [0.4, 0.5) is 0 Å². The minimum Gasteiger partial charge on any atom is -0.0871 e. The maximum atomic E-state index is 2.30. The lowest BCUT2D eigenvalue weighted by Crippen LogP contribution is -2.12. The third-order valence-corrected chi connectivity index (χ3v) is 4.01. The lowest BCUT2D eigenvalue weighted by Gasteiger charge is -2.28. The van der Waals surface area contributed by atoms with Gasteiger partial charge >= 0.3 is 0 Å². The highest BCUT2D eigenvalue weighted by atomic mass is 14.3. The van der Waals surface area contributed by atoms with Gasteiger partial charge in [0.25, 0.3) is 0 Å². The van der Waals surface area contributed by atoms with Gasteiger partial charge in [-0.15, -0.1) is 0 Å². The molecule has 0 saturated heterocycles. The molecule has 1 aliphatic rings. The molecular formula is C17H22. The predicted molar refractivity (Wildman–Crippen MR) is 76.8 cm³/mol. The molecule has 2 rings (SSSR count). The zero-order valence-corrected chi connectivity index (χ0v) is 11.2. The van der Waals surface area contributed by atoms with Crippen LogP contribution in [0.25, 0.3) is 11.6 Å². The minimum absolute atomic E-state index is 0.852. The van der Waals surface area contributed by atoms with Crippen LogP contribution >= 0.6 is 0 Å². The summed E-state index contributed by atoms with van der Waals surface area (Å²) in [5.74, 6) is 0.852. The number of hydrogen-bond acceptors (Lipinski definition) is 0. The van der Waals surface area contributed by atoms with Crippen molar-refractivity contribution in [2.75, 3.05) is 0 Å². The molecule has 0 aromatic heterocycles. The van der Waals surface area contributed by atoms with Crippen LogP contribution < -0.4 is 0 Å². The Kier molecular flexibility index (Phi) is 3.83. The molecule has 0 aliphatic heterocycles. The summed E-state index contributed by atoms with van der Waals surface area (Å²) in [4.78, 5) is 0. The molecule has 0 nitrogen and oxygen atoms in total. The zero-order valence-electron chi connectivity index (χ0n) is 11.2. The molecule has 90 valence electrons. The Morgan fingerprint density at radius 2 is 1.76 bits per heavy atom. The highest BCUT2D eigenvalue weighted by Crippen LogP contribution is 2.36. The smallest absolute Gasteiger partial charge is 0.0200 e. The van der Waals surface area contributed by atoms with E-state index in [1.807, 2.05) is 0 Å². The van der Waals surface area contributed by atoms with Crippen molar-refractivity contribution >= 4 is 11.6 Å². The second kappa shape index (κ2) is 5.35. The van der Waals surface area contributed by atoms with Crippen molar-refractivity contribution in [3.05, 3.63) is 47.0 Å². The van der Waals surface area contributed by atoms with Gasteiger partial charge in [-0.25, -0.2) is 0 Å². The Bertz CT molecular complexity index is 428. The van der Waals surface area contributed by atoms with Gasteiger partial charge in [0.2, 0.25) is 0 Å². The number of allylic oxidation sites excluding steroid dienone is 3. The number of benzene rings is 1. The van der Waals surface area contributed by atoms with Gasteiger partial charge in [0.05, 0.1) is 0 Å². The zero-order chi connectivity index (χ0) is 12.3. The van der Waals surface area contributed by atoms with Crippen LogP contribution in [0.15, 0.2) is 35.9 Å². The van der Waals surface area contributed by atoms with E-state index < -0.39 is 0 Å². The van der Waals surface area contributed by atoms with Crippen molar-refractivity contribution in [3.63, 3.8) is 0 Å². The van der Waals surface area contributed by atoms with Gasteiger partial charge in [-0.05, 0) is 56.2 Å². The van der Waals surface area contributed by atoms with Crippen molar-refractivity contribution in [3.8, 4) is 0 Å². The highest BCUT2D eigenvalue weighted by molar-refractivity contribution is 5.68. The van der Waals surface area contributed by atoms with E-state index in [2.05, 4.69) is 57.2 Å². The average Bonchev–Trinajstić information content (AvgIpc) is 2.27. The summed E-state index contributed by atoms with van der Waals surface area (Å²) in [5.41, 5.74) is 5.73. The van der Waals surface area contributed by atoms with Crippen LogP contribution in [0.3, 0.4) is 0 Å². The molecule has 0 radical (unpaired) electrons. The maximum absolute atomic E-state index is 2.30. The van der Waals surface area contributed by atoms with Crippen molar-refractivity contribution in [2.45, 2.75) is 40.0 Å². The van der Waals surface area contributed by atoms with Crippen LogP contribution in [0.5, 0.6) is 0 Å². The molecule has 1 aliphatic carbocycles. The fourth-order valence-electron chi connectivity index (χ4n) is 2.41. The predicted octanol–water partition coefficient (Wildman–Crippen LogP) is 5.31. The standard InChI is InChI=1S/C17H22/c1-4-6-15-9-11-17(12-10-15)14(3)13(2)16-7-5-8-16/h4,6,9-12,16H,5,7-8H2,1-3H3/b6-4+,14-13+. The first-order valence-corrected chi connectivity index (χ1v) is 6.63. The molecule has 0 N–H and O–H groups in total.